The average molecular weight is 792 g/mol. The smallest absolute Gasteiger partial charge is 0.0541 e. The third kappa shape index (κ3) is 5.89. The van der Waals surface area contributed by atoms with E-state index < -0.39 is 0 Å². The largest absolute Gasteiger partial charge is 0.310 e. The summed E-state index contributed by atoms with van der Waals surface area (Å²) in [5.41, 5.74) is 16.4. The predicted octanol–water partition coefficient (Wildman–Crippen LogP) is 16.1. The molecule has 0 aliphatic heterocycles. The average Bonchev–Trinajstić information content (AvgIpc) is 3.86. The summed E-state index contributed by atoms with van der Waals surface area (Å²) in [7, 11) is 0. The Kier molecular flexibility index (Phi) is 8.39. The topological polar surface area (TPSA) is 13.1 Å². The van der Waals surface area contributed by atoms with Crippen molar-refractivity contribution in [3.63, 3.8) is 0 Å². The highest BCUT2D eigenvalue weighted by molar-refractivity contribution is 6.10. The summed E-state index contributed by atoms with van der Waals surface area (Å²) in [5.74, 6) is 0. The Morgan fingerprint density at radius 3 is 1.34 bits per heavy atom. The highest BCUT2D eigenvalue weighted by Crippen LogP contribution is 2.41. The van der Waals surface area contributed by atoms with Gasteiger partial charge in [-0.1, -0.05) is 140 Å². The Morgan fingerprint density at radius 2 is 0.758 bits per heavy atom. The van der Waals surface area contributed by atoms with E-state index in [1.54, 1.807) is 0 Å². The molecule has 10 aromatic carbocycles. The minimum Gasteiger partial charge on any atom is -0.310 e. The van der Waals surface area contributed by atoms with Gasteiger partial charge in [0.1, 0.15) is 0 Å². The van der Waals surface area contributed by atoms with Gasteiger partial charge >= 0.3 is 0 Å². The molecule has 0 atom stereocenters. The molecular weight excluding hydrogens is 751 g/mol. The molecule has 0 unspecified atom stereocenters. The molecule has 3 nitrogen and oxygen atoms in total. The van der Waals surface area contributed by atoms with E-state index in [2.05, 4.69) is 251 Å². The van der Waals surface area contributed by atoms with Gasteiger partial charge in [-0.3, -0.25) is 0 Å². The Labute approximate surface area is 360 Å². The Hall–Kier alpha value is -8.14. The molecule has 0 aliphatic rings. The van der Waals surface area contributed by atoms with Crippen molar-refractivity contribution in [3.8, 4) is 33.6 Å². The van der Waals surface area contributed by atoms with Gasteiger partial charge in [-0.25, -0.2) is 0 Å². The normalized spacial score (nSPS) is 11.6. The van der Waals surface area contributed by atoms with E-state index in [0.29, 0.717) is 0 Å². The molecule has 0 radical (unpaired) electrons. The van der Waals surface area contributed by atoms with Crippen LogP contribution >= 0.6 is 0 Å². The predicted molar refractivity (Wildman–Crippen MR) is 263 cm³/mol. The van der Waals surface area contributed by atoms with Gasteiger partial charge in [0, 0.05) is 50.0 Å². The van der Waals surface area contributed by atoms with Gasteiger partial charge in [-0.15, -0.1) is 0 Å². The maximum Gasteiger partial charge on any atom is 0.0541 e. The second kappa shape index (κ2) is 14.5. The van der Waals surface area contributed by atoms with Crippen LogP contribution in [-0.4, -0.2) is 9.13 Å². The minimum atomic E-state index is 1.09. The van der Waals surface area contributed by atoms with E-state index in [9.17, 15) is 0 Å². The van der Waals surface area contributed by atoms with Crippen LogP contribution in [0.4, 0.5) is 17.1 Å². The molecule has 0 spiro atoms. The van der Waals surface area contributed by atoms with Crippen molar-refractivity contribution in [1.82, 2.24) is 9.13 Å². The SMILES string of the molecule is Cc1cc(-c2cccc(-n3c4ccccc4c4ccccc43)c2)ccc1N(c1ccc(-c2ccc3ccccc3c2)cc1)c1ccc(-n2c3ccccc3c3ccccc32)cc1. The highest BCUT2D eigenvalue weighted by atomic mass is 15.1. The Balaban J connectivity index is 0.954. The number of nitrogens with zero attached hydrogens (tertiary/aromatic N) is 3. The standard InChI is InChI=1S/C59H41N3/c1-40-37-45(44-15-12-16-50(39-44)62-58-23-10-6-19-53(58)54-20-7-11-24-59(54)62)29-36-55(40)60(47-30-27-42(28-31-47)46-26-25-41-13-2-3-14-43(41)38-46)48-32-34-49(35-33-48)61-56-21-8-4-17-51(56)52-18-5-9-22-57(52)61/h2-39H,1H3. The zero-order valence-electron chi connectivity index (χ0n) is 34.3. The second-order valence-corrected chi connectivity index (χ2v) is 16.3. The van der Waals surface area contributed by atoms with Gasteiger partial charge in [0.2, 0.25) is 0 Å². The molecule has 0 amide bonds. The first-order valence-electron chi connectivity index (χ1n) is 21.3. The van der Waals surface area contributed by atoms with Crippen LogP contribution in [0.5, 0.6) is 0 Å². The third-order valence-electron chi connectivity index (χ3n) is 12.6. The summed E-state index contributed by atoms with van der Waals surface area (Å²) in [4.78, 5) is 2.40. The number of aryl methyl sites for hydroxylation is 1. The first-order valence-corrected chi connectivity index (χ1v) is 21.3. The molecule has 12 rings (SSSR count). The first kappa shape index (κ1) is 35.8. The molecule has 0 fully saturated rings. The van der Waals surface area contributed by atoms with Gasteiger partial charge in [0.15, 0.2) is 0 Å². The van der Waals surface area contributed by atoms with Crippen molar-refractivity contribution in [2.45, 2.75) is 6.92 Å². The molecule has 12 aromatic rings. The van der Waals surface area contributed by atoms with Gasteiger partial charge in [-0.05, 0) is 137 Å². The van der Waals surface area contributed by atoms with Crippen molar-refractivity contribution < 1.29 is 0 Å². The number of anilines is 3. The molecule has 62 heavy (non-hydrogen) atoms. The van der Waals surface area contributed by atoms with Crippen LogP contribution in [0.2, 0.25) is 0 Å². The second-order valence-electron chi connectivity index (χ2n) is 16.3. The van der Waals surface area contributed by atoms with Gasteiger partial charge < -0.3 is 14.0 Å². The van der Waals surface area contributed by atoms with Crippen LogP contribution in [0.1, 0.15) is 5.56 Å². The summed E-state index contributed by atoms with van der Waals surface area (Å²) in [6.45, 7) is 2.23. The summed E-state index contributed by atoms with van der Waals surface area (Å²) in [6.07, 6.45) is 0. The monoisotopic (exact) mass is 791 g/mol. The number of rotatable bonds is 7. The zero-order valence-corrected chi connectivity index (χ0v) is 34.3. The summed E-state index contributed by atoms with van der Waals surface area (Å²) >= 11 is 0. The Bertz CT molecular complexity index is 3540. The molecule has 0 aliphatic carbocycles. The number of hydrogen-bond donors (Lipinski definition) is 0. The molecule has 292 valence electrons. The van der Waals surface area contributed by atoms with Crippen molar-refractivity contribution in [3.05, 3.63) is 236 Å². The van der Waals surface area contributed by atoms with Crippen molar-refractivity contribution >= 4 is 71.4 Å². The summed E-state index contributed by atoms with van der Waals surface area (Å²) in [6, 6.07) is 84.0. The lowest BCUT2D eigenvalue weighted by molar-refractivity contribution is 1.17. The number of aromatic nitrogens is 2. The van der Waals surface area contributed by atoms with E-state index >= 15 is 0 Å². The molecule has 0 N–H and O–H groups in total. The van der Waals surface area contributed by atoms with Crippen LogP contribution in [0.25, 0.3) is 88.0 Å². The van der Waals surface area contributed by atoms with Gasteiger partial charge in [0.05, 0.1) is 22.1 Å². The third-order valence-corrected chi connectivity index (χ3v) is 12.6. The van der Waals surface area contributed by atoms with Crippen molar-refractivity contribution in [1.29, 1.82) is 0 Å². The molecule has 3 heteroatoms. The fraction of sp³-hybridized carbons (Fsp3) is 0.0169. The lowest BCUT2D eigenvalue weighted by Gasteiger charge is -2.28. The maximum absolute atomic E-state index is 2.40. The van der Waals surface area contributed by atoms with Gasteiger partial charge in [-0.2, -0.15) is 0 Å². The van der Waals surface area contributed by atoms with Gasteiger partial charge in [0.25, 0.3) is 0 Å². The first-order chi connectivity index (χ1) is 30.7. The summed E-state index contributed by atoms with van der Waals surface area (Å²) in [5, 5.41) is 7.55. The van der Waals surface area contributed by atoms with Crippen LogP contribution < -0.4 is 4.90 Å². The van der Waals surface area contributed by atoms with Crippen LogP contribution in [-0.2, 0) is 0 Å². The number of benzene rings is 10. The van der Waals surface area contributed by atoms with Crippen LogP contribution in [0.15, 0.2) is 231 Å². The van der Waals surface area contributed by atoms with E-state index in [1.807, 2.05) is 0 Å². The zero-order chi connectivity index (χ0) is 41.1. The molecule has 0 saturated carbocycles. The lowest BCUT2D eigenvalue weighted by Crippen LogP contribution is -2.11. The number of hydrogen-bond acceptors (Lipinski definition) is 1. The van der Waals surface area contributed by atoms with Crippen LogP contribution in [0.3, 0.4) is 0 Å². The fourth-order valence-corrected chi connectivity index (χ4v) is 9.66. The van der Waals surface area contributed by atoms with E-state index in [4.69, 9.17) is 0 Å². The molecule has 2 heterocycles. The van der Waals surface area contributed by atoms with E-state index in [1.165, 1.54) is 82.2 Å². The molecule has 0 saturated heterocycles. The number of fused-ring (bicyclic) bond motifs is 7. The molecule has 0 bridgehead atoms. The maximum atomic E-state index is 2.40. The van der Waals surface area contributed by atoms with Crippen molar-refractivity contribution in [2.75, 3.05) is 4.90 Å². The van der Waals surface area contributed by atoms with Crippen molar-refractivity contribution in [2.24, 2.45) is 0 Å². The fourth-order valence-electron chi connectivity index (χ4n) is 9.66. The van der Waals surface area contributed by atoms with E-state index in [-0.39, 0.29) is 0 Å². The molecule has 2 aromatic heterocycles. The summed E-state index contributed by atoms with van der Waals surface area (Å²) < 4.78 is 4.77. The molecular formula is C59H41N3. The minimum absolute atomic E-state index is 1.09. The van der Waals surface area contributed by atoms with E-state index in [0.717, 1.165) is 28.4 Å². The lowest BCUT2D eigenvalue weighted by atomic mass is 9.99. The van der Waals surface area contributed by atoms with Crippen LogP contribution in [0, 0.1) is 6.92 Å². The Morgan fingerprint density at radius 1 is 0.306 bits per heavy atom. The highest BCUT2D eigenvalue weighted by Gasteiger charge is 2.18. The number of para-hydroxylation sites is 4. The quantitative estimate of drug-likeness (QED) is 0.157.